The molecule has 8 heteroatoms. The summed E-state index contributed by atoms with van der Waals surface area (Å²) in [4.78, 5) is 15.0. The van der Waals surface area contributed by atoms with Crippen LogP contribution in [-0.2, 0) is 11.0 Å². The van der Waals surface area contributed by atoms with Crippen LogP contribution in [0.1, 0.15) is 12.5 Å². The van der Waals surface area contributed by atoms with Gasteiger partial charge in [-0.3, -0.25) is 9.69 Å². The molecule has 0 saturated carbocycles. The number of carbonyl (C=O) groups excluding carboxylic acids is 1. The monoisotopic (exact) mass is 346 g/mol. The SMILES string of the molecule is CC(=O)N1CCN(CC(O)COc2cccc(C(F)(F)F)c2)CC1. The third-order valence-electron chi connectivity index (χ3n) is 3.89. The number of ether oxygens (including phenoxy) is 1. The third-order valence-corrected chi connectivity index (χ3v) is 3.89. The second-order valence-corrected chi connectivity index (χ2v) is 5.80. The Labute approximate surface area is 138 Å². The molecule has 1 N–H and O–H groups in total. The number of rotatable bonds is 5. The molecule has 1 aliphatic rings. The molecule has 1 aromatic carbocycles. The van der Waals surface area contributed by atoms with Gasteiger partial charge >= 0.3 is 6.18 Å². The minimum Gasteiger partial charge on any atom is -0.491 e. The topological polar surface area (TPSA) is 53.0 Å². The van der Waals surface area contributed by atoms with Crippen molar-refractivity contribution in [1.82, 2.24) is 9.80 Å². The summed E-state index contributed by atoms with van der Waals surface area (Å²) in [7, 11) is 0. The summed E-state index contributed by atoms with van der Waals surface area (Å²) in [5.74, 6) is 0.105. The zero-order valence-electron chi connectivity index (χ0n) is 13.4. The number of aliphatic hydroxyl groups is 1. The molecular weight excluding hydrogens is 325 g/mol. The normalized spacial score (nSPS) is 17.6. The molecule has 1 heterocycles. The van der Waals surface area contributed by atoms with E-state index >= 15 is 0 Å². The van der Waals surface area contributed by atoms with Crippen LogP contribution in [0, 0.1) is 0 Å². The predicted octanol–water partition coefficient (Wildman–Crippen LogP) is 1.61. The van der Waals surface area contributed by atoms with Crippen LogP contribution in [0.4, 0.5) is 13.2 Å². The van der Waals surface area contributed by atoms with Gasteiger partial charge in [0.05, 0.1) is 5.56 Å². The Kier molecular flexibility index (Phi) is 6.06. The predicted molar refractivity (Wildman–Crippen MR) is 81.6 cm³/mol. The Morgan fingerprint density at radius 3 is 2.54 bits per heavy atom. The highest BCUT2D eigenvalue weighted by Gasteiger charge is 2.30. The number of benzene rings is 1. The molecule has 1 aromatic rings. The summed E-state index contributed by atoms with van der Waals surface area (Å²) in [5, 5.41) is 10.00. The third kappa shape index (κ3) is 5.38. The lowest BCUT2D eigenvalue weighted by Gasteiger charge is -2.35. The minimum absolute atomic E-state index is 0.0306. The van der Waals surface area contributed by atoms with Crippen molar-refractivity contribution in [2.45, 2.75) is 19.2 Å². The molecule has 24 heavy (non-hydrogen) atoms. The van der Waals surface area contributed by atoms with Crippen molar-refractivity contribution in [2.24, 2.45) is 0 Å². The highest BCUT2D eigenvalue weighted by molar-refractivity contribution is 5.73. The summed E-state index contributed by atoms with van der Waals surface area (Å²) in [5.41, 5.74) is -0.783. The molecule has 0 aromatic heterocycles. The second kappa shape index (κ2) is 7.85. The van der Waals surface area contributed by atoms with E-state index in [1.54, 1.807) is 4.90 Å². The van der Waals surface area contributed by atoms with Gasteiger partial charge in [0.15, 0.2) is 0 Å². The molecule has 1 unspecified atom stereocenters. The lowest BCUT2D eigenvalue weighted by Crippen LogP contribution is -2.50. The number of hydrogen-bond acceptors (Lipinski definition) is 4. The van der Waals surface area contributed by atoms with E-state index in [9.17, 15) is 23.1 Å². The van der Waals surface area contributed by atoms with Gasteiger partial charge in [-0.15, -0.1) is 0 Å². The standard InChI is InChI=1S/C16H21F3N2O3/c1-12(22)21-7-5-20(6-8-21)10-14(23)11-24-15-4-2-3-13(9-15)16(17,18)19/h2-4,9,14,23H,5-8,10-11H2,1H3. The minimum atomic E-state index is -4.42. The molecule has 1 saturated heterocycles. The highest BCUT2D eigenvalue weighted by Crippen LogP contribution is 2.31. The van der Waals surface area contributed by atoms with Gasteiger partial charge in [0.25, 0.3) is 0 Å². The lowest BCUT2D eigenvalue weighted by atomic mass is 10.2. The highest BCUT2D eigenvalue weighted by atomic mass is 19.4. The van der Waals surface area contributed by atoms with Crippen molar-refractivity contribution in [2.75, 3.05) is 39.3 Å². The first-order valence-corrected chi connectivity index (χ1v) is 7.71. The van der Waals surface area contributed by atoms with Gasteiger partial charge in [-0.25, -0.2) is 0 Å². The maximum Gasteiger partial charge on any atom is 0.416 e. The first-order chi connectivity index (χ1) is 11.3. The second-order valence-electron chi connectivity index (χ2n) is 5.80. The molecule has 0 aliphatic carbocycles. The van der Waals surface area contributed by atoms with Gasteiger partial charge in [0.2, 0.25) is 5.91 Å². The van der Waals surface area contributed by atoms with Crippen LogP contribution in [0.2, 0.25) is 0 Å². The molecule has 5 nitrogen and oxygen atoms in total. The quantitative estimate of drug-likeness (QED) is 0.880. The van der Waals surface area contributed by atoms with E-state index in [-0.39, 0.29) is 18.3 Å². The van der Waals surface area contributed by atoms with Crippen LogP contribution in [0.5, 0.6) is 5.75 Å². The number of alkyl halides is 3. The summed E-state index contributed by atoms with van der Waals surface area (Å²) in [6.45, 7) is 4.31. The van der Waals surface area contributed by atoms with E-state index < -0.39 is 17.8 Å². The number of amides is 1. The Balaban J connectivity index is 1.78. The average Bonchev–Trinajstić information content (AvgIpc) is 2.53. The van der Waals surface area contributed by atoms with Crippen LogP contribution >= 0.6 is 0 Å². The zero-order valence-corrected chi connectivity index (χ0v) is 13.4. The smallest absolute Gasteiger partial charge is 0.416 e. The van der Waals surface area contributed by atoms with Gasteiger partial charge in [0, 0.05) is 39.6 Å². The van der Waals surface area contributed by atoms with Crippen molar-refractivity contribution in [1.29, 1.82) is 0 Å². The van der Waals surface area contributed by atoms with Crippen molar-refractivity contribution < 1.29 is 27.8 Å². The Morgan fingerprint density at radius 2 is 1.96 bits per heavy atom. The van der Waals surface area contributed by atoms with E-state index in [4.69, 9.17) is 4.74 Å². The molecule has 1 atom stereocenters. The number of aliphatic hydroxyl groups excluding tert-OH is 1. The molecule has 0 bridgehead atoms. The first kappa shape index (κ1) is 18.5. The van der Waals surface area contributed by atoms with Crippen molar-refractivity contribution in [3.05, 3.63) is 29.8 Å². The summed E-state index contributed by atoms with van der Waals surface area (Å²) in [6.07, 6.45) is -5.24. The Bertz CT molecular complexity index is 558. The van der Waals surface area contributed by atoms with Gasteiger partial charge in [-0.05, 0) is 18.2 Å². The van der Waals surface area contributed by atoms with Crippen molar-refractivity contribution >= 4 is 5.91 Å². The molecule has 1 fully saturated rings. The molecule has 1 amide bonds. The van der Waals surface area contributed by atoms with Crippen LogP contribution < -0.4 is 4.74 Å². The van der Waals surface area contributed by atoms with Crippen LogP contribution in [-0.4, -0.2) is 66.2 Å². The molecule has 134 valence electrons. The number of hydrogen-bond donors (Lipinski definition) is 1. The fraction of sp³-hybridized carbons (Fsp3) is 0.562. The number of piperazine rings is 1. The molecule has 0 spiro atoms. The molecule has 2 rings (SSSR count). The largest absolute Gasteiger partial charge is 0.491 e. The summed E-state index contributed by atoms with van der Waals surface area (Å²) in [6, 6.07) is 4.58. The Morgan fingerprint density at radius 1 is 1.29 bits per heavy atom. The maximum absolute atomic E-state index is 12.6. The van der Waals surface area contributed by atoms with Gasteiger partial charge in [-0.2, -0.15) is 13.2 Å². The van der Waals surface area contributed by atoms with Crippen LogP contribution in [0.25, 0.3) is 0 Å². The summed E-state index contributed by atoms with van der Waals surface area (Å²) >= 11 is 0. The molecular formula is C16H21F3N2O3. The summed E-state index contributed by atoms with van der Waals surface area (Å²) < 4.78 is 43.1. The number of nitrogens with zero attached hydrogens (tertiary/aromatic N) is 2. The lowest BCUT2D eigenvalue weighted by molar-refractivity contribution is -0.137. The van der Waals surface area contributed by atoms with E-state index in [0.717, 1.165) is 12.1 Å². The fourth-order valence-corrected chi connectivity index (χ4v) is 2.55. The zero-order chi connectivity index (χ0) is 17.7. The van der Waals surface area contributed by atoms with Crippen LogP contribution in [0.3, 0.4) is 0 Å². The first-order valence-electron chi connectivity index (χ1n) is 7.71. The van der Waals surface area contributed by atoms with E-state index in [1.807, 2.05) is 4.90 Å². The number of β-amino-alcohol motifs (C(OH)–C–C–N with tert-alkyl or cyclic N) is 1. The van der Waals surface area contributed by atoms with E-state index in [1.165, 1.54) is 19.1 Å². The van der Waals surface area contributed by atoms with Gasteiger partial charge < -0.3 is 14.7 Å². The van der Waals surface area contributed by atoms with E-state index in [2.05, 4.69) is 0 Å². The van der Waals surface area contributed by atoms with Crippen molar-refractivity contribution in [3.63, 3.8) is 0 Å². The van der Waals surface area contributed by atoms with E-state index in [0.29, 0.717) is 32.7 Å². The number of halogens is 3. The van der Waals surface area contributed by atoms with Crippen LogP contribution in [0.15, 0.2) is 24.3 Å². The molecule has 1 aliphatic heterocycles. The fourth-order valence-electron chi connectivity index (χ4n) is 2.55. The average molecular weight is 346 g/mol. The number of carbonyl (C=O) groups is 1. The van der Waals surface area contributed by atoms with Crippen molar-refractivity contribution in [3.8, 4) is 5.75 Å². The molecule has 0 radical (unpaired) electrons. The Hall–Kier alpha value is -1.80. The maximum atomic E-state index is 12.6. The van der Waals surface area contributed by atoms with Gasteiger partial charge in [-0.1, -0.05) is 6.07 Å². The van der Waals surface area contributed by atoms with Gasteiger partial charge in [0.1, 0.15) is 18.5 Å².